The minimum atomic E-state index is -0.449. The van der Waals surface area contributed by atoms with Crippen LogP contribution >= 0.6 is 34.7 Å². The number of benzene rings is 1. The molecule has 0 unspecified atom stereocenters. The van der Waals surface area contributed by atoms with E-state index >= 15 is 0 Å². The maximum absolute atomic E-state index is 12.2. The molecule has 0 fully saturated rings. The number of aromatic nitrogens is 3. The number of carbonyl (C=O) groups is 2. The first-order valence-electron chi connectivity index (χ1n) is 7.79. The van der Waals surface area contributed by atoms with E-state index in [1.165, 1.54) is 24.9 Å². The zero-order valence-corrected chi connectivity index (χ0v) is 17.1. The summed E-state index contributed by atoms with van der Waals surface area (Å²) in [5, 5.41) is 17.5. The van der Waals surface area contributed by atoms with Crippen molar-refractivity contribution in [2.45, 2.75) is 11.3 Å². The number of anilines is 2. The second-order valence-electron chi connectivity index (χ2n) is 5.33. The second-order valence-corrected chi connectivity index (χ2v) is 7.97. The molecule has 0 bridgehead atoms. The molecule has 28 heavy (non-hydrogen) atoms. The standard InChI is InChI=1S/C16H14ClN5O4S2/c1-8-5-11(22-26-8)14(24)19-15-20-21-16(28-15)27-7-13(23)18-10-6-9(17)3-4-12(10)25-2/h3-6H,7H2,1-2H3,(H,18,23)(H,19,20,24). The van der Waals surface area contributed by atoms with Crippen LogP contribution in [0.15, 0.2) is 33.1 Å². The molecule has 9 nitrogen and oxygen atoms in total. The lowest BCUT2D eigenvalue weighted by Gasteiger charge is -2.09. The van der Waals surface area contributed by atoms with Crippen molar-refractivity contribution in [1.29, 1.82) is 0 Å². The van der Waals surface area contributed by atoms with Crippen molar-refractivity contribution in [2.24, 2.45) is 0 Å². The van der Waals surface area contributed by atoms with Gasteiger partial charge in [-0.3, -0.25) is 14.9 Å². The Balaban J connectivity index is 1.53. The first kappa shape index (κ1) is 20.1. The molecule has 0 atom stereocenters. The summed E-state index contributed by atoms with van der Waals surface area (Å²) in [4.78, 5) is 24.2. The normalized spacial score (nSPS) is 10.5. The third kappa shape index (κ3) is 5.21. The molecule has 0 aliphatic rings. The van der Waals surface area contributed by atoms with E-state index in [0.29, 0.717) is 31.7 Å². The molecule has 2 N–H and O–H groups in total. The molecule has 146 valence electrons. The Morgan fingerprint density at radius 2 is 2.11 bits per heavy atom. The van der Waals surface area contributed by atoms with Crippen molar-refractivity contribution < 1.29 is 18.8 Å². The molecule has 12 heteroatoms. The molecule has 2 aromatic heterocycles. The van der Waals surface area contributed by atoms with Gasteiger partial charge in [0.1, 0.15) is 11.5 Å². The van der Waals surface area contributed by atoms with Crippen molar-refractivity contribution in [3.63, 3.8) is 0 Å². The fourth-order valence-corrected chi connectivity index (χ4v) is 3.76. The molecule has 0 saturated heterocycles. The van der Waals surface area contributed by atoms with E-state index < -0.39 is 5.91 Å². The summed E-state index contributed by atoms with van der Waals surface area (Å²) >= 11 is 8.28. The van der Waals surface area contributed by atoms with Gasteiger partial charge < -0.3 is 14.6 Å². The van der Waals surface area contributed by atoms with E-state index in [2.05, 4.69) is 26.0 Å². The second kappa shape index (κ2) is 9.04. The van der Waals surface area contributed by atoms with Gasteiger partial charge in [-0.15, -0.1) is 10.2 Å². The largest absolute Gasteiger partial charge is 0.495 e. The van der Waals surface area contributed by atoms with E-state index in [1.54, 1.807) is 25.1 Å². The Morgan fingerprint density at radius 1 is 1.29 bits per heavy atom. The summed E-state index contributed by atoms with van der Waals surface area (Å²) in [6.45, 7) is 1.69. The first-order valence-corrected chi connectivity index (χ1v) is 9.97. The number of nitrogens with one attached hydrogen (secondary N) is 2. The van der Waals surface area contributed by atoms with E-state index in [9.17, 15) is 9.59 Å². The average molecular weight is 440 g/mol. The van der Waals surface area contributed by atoms with Gasteiger partial charge in [0.2, 0.25) is 11.0 Å². The van der Waals surface area contributed by atoms with Crippen LogP contribution < -0.4 is 15.4 Å². The topological polar surface area (TPSA) is 119 Å². The van der Waals surface area contributed by atoms with Crippen molar-refractivity contribution >= 4 is 57.3 Å². The molecular weight excluding hydrogens is 426 g/mol. The first-order chi connectivity index (χ1) is 13.4. The van der Waals surface area contributed by atoms with Gasteiger partial charge in [-0.25, -0.2) is 0 Å². The number of rotatable bonds is 7. The van der Waals surface area contributed by atoms with Crippen LogP contribution in [0.3, 0.4) is 0 Å². The molecule has 2 amide bonds. The van der Waals surface area contributed by atoms with Crippen LogP contribution in [0.2, 0.25) is 5.02 Å². The molecular formula is C16H14ClN5O4S2. The fraction of sp³-hybridized carbons (Fsp3) is 0.188. The zero-order chi connectivity index (χ0) is 20.1. The van der Waals surface area contributed by atoms with Gasteiger partial charge >= 0.3 is 0 Å². The van der Waals surface area contributed by atoms with Crippen molar-refractivity contribution in [1.82, 2.24) is 15.4 Å². The Kier molecular flexibility index (Phi) is 6.49. The van der Waals surface area contributed by atoms with Crippen LogP contribution in [-0.2, 0) is 4.79 Å². The Morgan fingerprint density at radius 3 is 2.82 bits per heavy atom. The average Bonchev–Trinajstić information content (AvgIpc) is 3.29. The highest BCUT2D eigenvalue weighted by Gasteiger charge is 2.15. The smallest absolute Gasteiger partial charge is 0.279 e. The predicted molar refractivity (Wildman–Crippen MR) is 106 cm³/mol. The highest BCUT2D eigenvalue weighted by Crippen LogP contribution is 2.29. The van der Waals surface area contributed by atoms with Crippen LogP contribution in [0.4, 0.5) is 10.8 Å². The van der Waals surface area contributed by atoms with Crippen LogP contribution in [-0.4, -0.2) is 40.0 Å². The third-order valence-electron chi connectivity index (χ3n) is 3.25. The fourth-order valence-electron chi connectivity index (χ4n) is 2.04. The van der Waals surface area contributed by atoms with E-state index in [1.807, 2.05) is 0 Å². The van der Waals surface area contributed by atoms with Gasteiger partial charge in [0.05, 0.1) is 18.6 Å². The summed E-state index contributed by atoms with van der Waals surface area (Å²) < 4.78 is 10.6. The predicted octanol–water partition coefficient (Wildman–Crippen LogP) is 3.48. The summed E-state index contributed by atoms with van der Waals surface area (Å²) in [6, 6.07) is 6.46. The lowest BCUT2D eigenvalue weighted by molar-refractivity contribution is -0.113. The van der Waals surface area contributed by atoms with E-state index in [4.69, 9.17) is 20.9 Å². The maximum Gasteiger partial charge on any atom is 0.279 e. The Bertz CT molecular complexity index is 1010. The van der Waals surface area contributed by atoms with Gasteiger partial charge in [-0.2, -0.15) is 0 Å². The maximum atomic E-state index is 12.2. The lowest BCUT2D eigenvalue weighted by atomic mass is 10.3. The number of hydrogen-bond donors (Lipinski definition) is 2. The SMILES string of the molecule is COc1ccc(Cl)cc1NC(=O)CSc1nnc(NC(=O)c2cc(C)on2)s1. The van der Waals surface area contributed by atoms with Crippen molar-refractivity contribution in [3.8, 4) is 5.75 Å². The quantitative estimate of drug-likeness (QED) is 0.424. The molecule has 0 aliphatic carbocycles. The van der Waals surface area contributed by atoms with Crippen LogP contribution in [0.1, 0.15) is 16.2 Å². The number of hydrogen-bond acceptors (Lipinski definition) is 9. The minimum Gasteiger partial charge on any atom is -0.495 e. The molecule has 3 aromatic rings. The number of carbonyl (C=O) groups excluding carboxylic acids is 2. The van der Waals surface area contributed by atoms with E-state index in [-0.39, 0.29) is 17.4 Å². The third-order valence-corrected chi connectivity index (χ3v) is 5.46. The number of amides is 2. The van der Waals surface area contributed by atoms with Crippen LogP contribution in [0.25, 0.3) is 0 Å². The molecule has 0 aliphatic heterocycles. The Labute approximate surface area is 172 Å². The number of aryl methyl sites for hydroxylation is 1. The summed E-state index contributed by atoms with van der Waals surface area (Å²) in [5.74, 6) is 0.424. The summed E-state index contributed by atoms with van der Waals surface area (Å²) in [5.41, 5.74) is 0.630. The lowest BCUT2D eigenvalue weighted by Crippen LogP contribution is -2.14. The summed E-state index contributed by atoms with van der Waals surface area (Å²) in [6.07, 6.45) is 0. The van der Waals surface area contributed by atoms with Gasteiger partial charge in [-0.1, -0.05) is 39.9 Å². The van der Waals surface area contributed by atoms with Crippen LogP contribution in [0, 0.1) is 6.92 Å². The molecule has 1 aromatic carbocycles. The number of thioether (sulfide) groups is 1. The van der Waals surface area contributed by atoms with E-state index in [0.717, 1.165) is 11.3 Å². The number of methoxy groups -OCH3 is 1. The molecule has 0 saturated carbocycles. The van der Waals surface area contributed by atoms with Gasteiger partial charge in [0.25, 0.3) is 5.91 Å². The number of ether oxygens (including phenoxy) is 1. The highest BCUT2D eigenvalue weighted by atomic mass is 35.5. The molecule has 2 heterocycles. The molecule has 0 spiro atoms. The number of halogens is 1. The van der Waals surface area contributed by atoms with Gasteiger partial charge in [-0.05, 0) is 25.1 Å². The van der Waals surface area contributed by atoms with Crippen LogP contribution in [0.5, 0.6) is 5.75 Å². The van der Waals surface area contributed by atoms with Crippen molar-refractivity contribution in [3.05, 3.63) is 40.7 Å². The highest BCUT2D eigenvalue weighted by molar-refractivity contribution is 8.01. The zero-order valence-electron chi connectivity index (χ0n) is 14.7. The molecule has 3 rings (SSSR count). The minimum absolute atomic E-state index is 0.0979. The van der Waals surface area contributed by atoms with Gasteiger partial charge in [0.15, 0.2) is 10.0 Å². The monoisotopic (exact) mass is 439 g/mol. The number of nitrogens with zero attached hydrogens (tertiary/aromatic N) is 3. The van der Waals surface area contributed by atoms with Gasteiger partial charge in [0, 0.05) is 11.1 Å². The Hall–Kier alpha value is -2.63. The van der Waals surface area contributed by atoms with Crippen molar-refractivity contribution in [2.75, 3.05) is 23.5 Å². The summed E-state index contributed by atoms with van der Waals surface area (Å²) in [7, 11) is 1.51. The molecule has 0 radical (unpaired) electrons.